The van der Waals surface area contributed by atoms with Crippen LogP contribution >= 0.6 is 0 Å². The second-order valence-electron chi connectivity index (χ2n) is 12.9. The van der Waals surface area contributed by atoms with Crippen molar-refractivity contribution in [2.24, 2.45) is 23.7 Å². The molecule has 0 spiro atoms. The number of hydrogen-bond donors (Lipinski definition) is 0. The van der Waals surface area contributed by atoms with Crippen LogP contribution in [-0.2, 0) is 5.41 Å². The summed E-state index contributed by atoms with van der Waals surface area (Å²) in [7, 11) is 0. The number of benzene rings is 1. The molecule has 4 rings (SSSR count). The van der Waals surface area contributed by atoms with Gasteiger partial charge in [0.25, 0.3) is 0 Å². The van der Waals surface area contributed by atoms with E-state index in [9.17, 15) is 0 Å². The van der Waals surface area contributed by atoms with E-state index in [-0.39, 0.29) is 0 Å². The summed E-state index contributed by atoms with van der Waals surface area (Å²) >= 11 is 0. The monoisotopic (exact) mass is 458 g/mol. The Morgan fingerprint density at radius 3 is 2.50 bits per heavy atom. The van der Waals surface area contributed by atoms with Crippen molar-refractivity contribution in [1.29, 1.82) is 0 Å². The average molecular weight is 459 g/mol. The quantitative estimate of drug-likeness (QED) is 0.323. The van der Waals surface area contributed by atoms with E-state index < -0.39 is 0 Å². The lowest BCUT2D eigenvalue weighted by Gasteiger charge is -2.48. The molecule has 0 heteroatoms. The Hall–Kier alpha value is -1.56. The van der Waals surface area contributed by atoms with E-state index in [2.05, 4.69) is 77.6 Å². The summed E-state index contributed by atoms with van der Waals surface area (Å²) < 4.78 is 0. The molecule has 0 aliphatic heterocycles. The molecule has 2 saturated carbocycles. The number of fused-ring (bicyclic) bond motifs is 2. The molecule has 1 aromatic carbocycles. The molecule has 4 unspecified atom stereocenters. The zero-order chi connectivity index (χ0) is 24.3. The molecule has 0 aromatic heterocycles. The molecule has 4 atom stereocenters. The zero-order valence-electron chi connectivity index (χ0n) is 22.8. The van der Waals surface area contributed by atoms with Crippen LogP contribution < -0.4 is 0 Å². The van der Waals surface area contributed by atoms with Crippen molar-refractivity contribution in [3.8, 4) is 0 Å². The largest absolute Gasteiger partial charge is 0.100 e. The van der Waals surface area contributed by atoms with Gasteiger partial charge in [-0.05, 0) is 122 Å². The SMILES string of the molecule is C=C(C)CCC1C=CC(c2ccc(C(C)CCCC)c(C3(C)CC4CC(C)CC(C4)C3)c2)=CC1. The predicted octanol–water partition coefficient (Wildman–Crippen LogP) is 10.4. The van der Waals surface area contributed by atoms with Gasteiger partial charge in [0.2, 0.25) is 0 Å². The number of allylic oxidation sites excluding steroid dienone is 5. The van der Waals surface area contributed by atoms with E-state index in [1.165, 1.54) is 80.9 Å². The summed E-state index contributed by atoms with van der Waals surface area (Å²) in [4.78, 5) is 0. The minimum absolute atomic E-state index is 0.336. The van der Waals surface area contributed by atoms with Gasteiger partial charge in [0.15, 0.2) is 0 Å². The minimum atomic E-state index is 0.336. The van der Waals surface area contributed by atoms with Crippen LogP contribution in [0.3, 0.4) is 0 Å². The summed E-state index contributed by atoms with van der Waals surface area (Å²) in [6.45, 7) is 16.2. The molecule has 34 heavy (non-hydrogen) atoms. The van der Waals surface area contributed by atoms with Crippen LogP contribution in [0.5, 0.6) is 0 Å². The third-order valence-corrected chi connectivity index (χ3v) is 9.31. The lowest BCUT2D eigenvalue weighted by Crippen LogP contribution is -2.39. The Kier molecular flexibility index (Phi) is 8.27. The van der Waals surface area contributed by atoms with Crippen molar-refractivity contribution >= 4 is 5.57 Å². The van der Waals surface area contributed by atoms with Gasteiger partial charge < -0.3 is 0 Å². The number of hydrogen-bond acceptors (Lipinski definition) is 0. The molecule has 1 aromatic rings. The topological polar surface area (TPSA) is 0 Å². The van der Waals surface area contributed by atoms with Crippen molar-refractivity contribution < 1.29 is 0 Å². The molecule has 0 saturated heterocycles. The average Bonchev–Trinajstić information content (AvgIpc) is 2.80. The summed E-state index contributed by atoms with van der Waals surface area (Å²) in [5.41, 5.74) is 7.86. The minimum Gasteiger partial charge on any atom is -0.100 e. The van der Waals surface area contributed by atoms with Gasteiger partial charge in [-0.2, -0.15) is 0 Å². The van der Waals surface area contributed by atoms with E-state index in [1.807, 2.05) is 0 Å². The molecule has 2 bridgehead atoms. The van der Waals surface area contributed by atoms with Gasteiger partial charge in [0.05, 0.1) is 0 Å². The van der Waals surface area contributed by atoms with Crippen molar-refractivity contribution in [3.63, 3.8) is 0 Å². The predicted molar refractivity (Wildman–Crippen MR) is 150 cm³/mol. The van der Waals surface area contributed by atoms with Crippen LogP contribution in [0.15, 0.2) is 48.6 Å². The maximum Gasteiger partial charge on any atom is -0.00669 e. The smallest absolute Gasteiger partial charge is 0.00669 e. The van der Waals surface area contributed by atoms with Crippen LogP contribution in [0.2, 0.25) is 0 Å². The van der Waals surface area contributed by atoms with Gasteiger partial charge in [-0.1, -0.05) is 82.5 Å². The molecular weight excluding hydrogens is 408 g/mol. The van der Waals surface area contributed by atoms with Gasteiger partial charge in [-0.25, -0.2) is 0 Å². The Labute approximate surface area is 211 Å². The van der Waals surface area contributed by atoms with Gasteiger partial charge >= 0.3 is 0 Å². The molecule has 0 heterocycles. The van der Waals surface area contributed by atoms with Crippen LogP contribution in [0.1, 0.15) is 128 Å². The molecule has 0 radical (unpaired) electrons. The van der Waals surface area contributed by atoms with Crippen molar-refractivity contribution in [2.45, 2.75) is 117 Å². The first kappa shape index (κ1) is 25.5. The molecular formula is C34H50. The Balaban J connectivity index is 1.62. The maximum absolute atomic E-state index is 4.09. The standard InChI is InChI=1S/C34H50/c1-7-8-9-26(5)32-17-16-31(30-14-12-27(13-15-30)11-10-24(2)3)21-33(32)34(6)22-28-18-25(4)19-29(20-28)23-34/h12,14-17,21,25-29H,2,7-11,13,18-20,22-23H2,1,3-6H3. The van der Waals surface area contributed by atoms with E-state index in [1.54, 1.807) is 11.1 Å². The fourth-order valence-electron chi connectivity index (χ4n) is 7.69. The number of unbranched alkanes of at least 4 members (excludes halogenated alkanes) is 1. The highest BCUT2D eigenvalue weighted by Crippen LogP contribution is 2.53. The van der Waals surface area contributed by atoms with Gasteiger partial charge in [0.1, 0.15) is 0 Å². The van der Waals surface area contributed by atoms with E-state index in [4.69, 9.17) is 0 Å². The number of rotatable bonds is 9. The Bertz CT molecular complexity index is 894. The van der Waals surface area contributed by atoms with Crippen molar-refractivity contribution in [3.05, 3.63) is 65.3 Å². The van der Waals surface area contributed by atoms with Crippen LogP contribution in [-0.4, -0.2) is 0 Å². The van der Waals surface area contributed by atoms with Crippen molar-refractivity contribution in [1.82, 2.24) is 0 Å². The summed E-state index contributed by atoms with van der Waals surface area (Å²) in [6, 6.07) is 7.58. The zero-order valence-corrected chi connectivity index (χ0v) is 22.8. The van der Waals surface area contributed by atoms with E-state index in [0.717, 1.165) is 24.2 Å². The summed E-state index contributed by atoms with van der Waals surface area (Å²) in [6.07, 6.45) is 22.0. The Morgan fingerprint density at radius 1 is 1.15 bits per heavy atom. The second-order valence-corrected chi connectivity index (χ2v) is 12.9. The van der Waals surface area contributed by atoms with Crippen molar-refractivity contribution in [2.75, 3.05) is 0 Å². The molecule has 0 N–H and O–H groups in total. The molecule has 0 nitrogen and oxygen atoms in total. The molecule has 3 aliphatic carbocycles. The van der Waals surface area contributed by atoms with Crippen LogP contribution in [0, 0.1) is 23.7 Å². The first-order valence-corrected chi connectivity index (χ1v) is 14.4. The molecule has 0 amide bonds. The normalized spacial score (nSPS) is 31.7. The third-order valence-electron chi connectivity index (χ3n) is 9.31. The van der Waals surface area contributed by atoms with E-state index in [0.29, 0.717) is 17.3 Å². The summed E-state index contributed by atoms with van der Waals surface area (Å²) in [5.74, 6) is 4.11. The molecule has 2 fully saturated rings. The van der Waals surface area contributed by atoms with Gasteiger partial charge in [-0.3, -0.25) is 0 Å². The first-order chi connectivity index (χ1) is 16.3. The Morgan fingerprint density at radius 2 is 1.88 bits per heavy atom. The molecule has 186 valence electrons. The van der Waals surface area contributed by atoms with E-state index >= 15 is 0 Å². The maximum atomic E-state index is 4.09. The van der Waals surface area contributed by atoms with Crippen LogP contribution in [0.4, 0.5) is 0 Å². The third kappa shape index (κ3) is 5.98. The second kappa shape index (κ2) is 11.0. The van der Waals surface area contributed by atoms with Gasteiger partial charge in [-0.15, -0.1) is 6.58 Å². The highest BCUT2D eigenvalue weighted by atomic mass is 14.5. The van der Waals surface area contributed by atoms with Gasteiger partial charge in [0, 0.05) is 0 Å². The lowest BCUT2D eigenvalue weighted by molar-refractivity contribution is 0.0893. The first-order valence-electron chi connectivity index (χ1n) is 14.4. The molecule has 3 aliphatic rings. The fourth-order valence-corrected chi connectivity index (χ4v) is 7.69. The van der Waals surface area contributed by atoms with Crippen LogP contribution in [0.25, 0.3) is 5.57 Å². The highest BCUT2D eigenvalue weighted by molar-refractivity contribution is 5.75. The lowest BCUT2D eigenvalue weighted by atomic mass is 9.56. The highest BCUT2D eigenvalue weighted by Gasteiger charge is 2.43. The summed E-state index contributed by atoms with van der Waals surface area (Å²) in [5, 5.41) is 0. The fraction of sp³-hybridized carbons (Fsp3) is 0.647.